The van der Waals surface area contributed by atoms with E-state index >= 15 is 0 Å². The summed E-state index contributed by atoms with van der Waals surface area (Å²) in [4.78, 5) is 38.7. The van der Waals surface area contributed by atoms with E-state index in [2.05, 4.69) is 24.4 Å². The fraction of sp³-hybridized carbons (Fsp3) is 0.217. The summed E-state index contributed by atoms with van der Waals surface area (Å²) in [6, 6.07) is 8.83. The molecule has 1 aromatic carbocycles. The van der Waals surface area contributed by atoms with Crippen LogP contribution in [0.3, 0.4) is 0 Å². The zero-order valence-electron chi connectivity index (χ0n) is 19.0. The number of aryl methyl sites for hydroxylation is 1. The van der Waals surface area contributed by atoms with Crippen molar-refractivity contribution in [3.63, 3.8) is 0 Å². The van der Waals surface area contributed by atoms with E-state index in [0.29, 0.717) is 32.6 Å². The zero-order chi connectivity index (χ0) is 25.0. The van der Waals surface area contributed by atoms with Crippen LogP contribution in [0.25, 0.3) is 26.7 Å². The van der Waals surface area contributed by atoms with Crippen molar-refractivity contribution in [2.75, 3.05) is 23.8 Å². The predicted molar refractivity (Wildman–Crippen MR) is 133 cm³/mol. The van der Waals surface area contributed by atoms with Crippen molar-refractivity contribution in [1.82, 2.24) is 29.1 Å². The lowest BCUT2D eigenvalue weighted by atomic mass is 10.1. The van der Waals surface area contributed by atoms with Gasteiger partial charge in [0.05, 0.1) is 34.4 Å². The molecule has 5 aromatic rings. The summed E-state index contributed by atoms with van der Waals surface area (Å²) in [5.74, 6) is 0.216. The van der Waals surface area contributed by atoms with Crippen LogP contribution in [0, 0.1) is 6.92 Å². The zero-order valence-corrected chi connectivity index (χ0v) is 19.8. The van der Waals surface area contributed by atoms with E-state index in [-0.39, 0.29) is 19.0 Å². The maximum atomic E-state index is 13.4. The van der Waals surface area contributed by atoms with Crippen LogP contribution in [0.4, 0.5) is 11.6 Å². The standard InChI is InChI=1S/C23H20N8O4S/c1-11-10-15(28-31(11)12-4-6-25-7-5-12)30-8-9-35-18(23(30)34)17(32)21-26-14-3-2-13-19(36-29-20(13)24)16(14)22(33)27-21/h2-7,10,17-18,32H,8-9H2,1H3,(H2,24,29)(H,26,27,33)/t17-,18?/m1/s1. The summed E-state index contributed by atoms with van der Waals surface area (Å²) in [7, 11) is 0. The number of H-pyrrole nitrogens is 1. The molecule has 1 saturated heterocycles. The Kier molecular flexibility index (Phi) is 5.25. The minimum absolute atomic E-state index is 0.0666. The highest BCUT2D eigenvalue weighted by Gasteiger charge is 2.39. The quantitative estimate of drug-likeness (QED) is 0.328. The van der Waals surface area contributed by atoms with E-state index in [0.717, 1.165) is 22.9 Å². The molecule has 0 radical (unpaired) electrons. The highest BCUT2D eigenvalue weighted by molar-refractivity contribution is 7.14. The molecule has 0 aliphatic carbocycles. The molecule has 182 valence electrons. The number of nitrogen functional groups attached to an aromatic ring is 1. The molecule has 0 bridgehead atoms. The third-order valence-corrected chi connectivity index (χ3v) is 7.01. The van der Waals surface area contributed by atoms with Crippen LogP contribution < -0.4 is 16.2 Å². The fourth-order valence-electron chi connectivity index (χ4n) is 4.35. The van der Waals surface area contributed by atoms with Gasteiger partial charge in [-0.05, 0) is 42.7 Å². The van der Waals surface area contributed by atoms with Crippen LogP contribution in [0.15, 0.2) is 47.5 Å². The molecule has 0 saturated carbocycles. The summed E-state index contributed by atoms with van der Waals surface area (Å²) in [6.07, 6.45) is 0.556. The first-order chi connectivity index (χ1) is 17.4. The molecule has 0 spiro atoms. The maximum absolute atomic E-state index is 13.4. The van der Waals surface area contributed by atoms with Crippen LogP contribution in [-0.4, -0.2) is 59.4 Å². The first-order valence-corrected chi connectivity index (χ1v) is 11.9. The molecular weight excluding hydrogens is 484 g/mol. The van der Waals surface area contributed by atoms with Crippen molar-refractivity contribution in [3.05, 3.63) is 64.6 Å². The molecule has 1 fully saturated rings. The lowest BCUT2D eigenvalue weighted by molar-refractivity contribution is -0.143. The van der Waals surface area contributed by atoms with Crippen molar-refractivity contribution in [2.24, 2.45) is 0 Å². The van der Waals surface area contributed by atoms with E-state index in [1.54, 1.807) is 35.3 Å². The van der Waals surface area contributed by atoms with E-state index in [1.807, 2.05) is 19.1 Å². The Hall–Kier alpha value is -4.20. The van der Waals surface area contributed by atoms with Crippen molar-refractivity contribution >= 4 is 50.1 Å². The molecule has 6 rings (SSSR count). The number of pyridine rings is 1. The summed E-state index contributed by atoms with van der Waals surface area (Å²) < 4.78 is 12.1. The van der Waals surface area contributed by atoms with Crippen LogP contribution >= 0.6 is 11.5 Å². The second-order valence-electron chi connectivity index (χ2n) is 8.35. The van der Waals surface area contributed by atoms with Gasteiger partial charge in [-0.3, -0.25) is 19.5 Å². The number of nitrogens with zero attached hydrogens (tertiary/aromatic N) is 6. The molecule has 12 nitrogen and oxygen atoms in total. The van der Waals surface area contributed by atoms with Crippen molar-refractivity contribution in [1.29, 1.82) is 0 Å². The number of benzene rings is 1. The van der Waals surface area contributed by atoms with Gasteiger partial charge in [-0.15, -0.1) is 5.10 Å². The number of nitrogens with two attached hydrogens (primary N) is 1. The van der Waals surface area contributed by atoms with Crippen molar-refractivity contribution in [3.8, 4) is 5.69 Å². The average molecular weight is 505 g/mol. The number of aromatic nitrogens is 6. The van der Waals surface area contributed by atoms with Gasteiger partial charge in [-0.2, -0.15) is 9.36 Å². The van der Waals surface area contributed by atoms with E-state index in [4.69, 9.17) is 10.5 Å². The molecule has 13 heteroatoms. The largest absolute Gasteiger partial charge is 0.382 e. The monoisotopic (exact) mass is 504 g/mol. The molecule has 4 N–H and O–H groups in total. The number of aliphatic hydroxyl groups excluding tert-OH is 1. The Labute approximate surface area is 207 Å². The van der Waals surface area contributed by atoms with Gasteiger partial charge in [-0.1, -0.05) is 0 Å². The number of aromatic amines is 1. The molecule has 1 unspecified atom stereocenters. The van der Waals surface area contributed by atoms with E-state index in [9.17, 15) is 14.7 Å². The Morgan fingerprint density at radius 2 is 2.06 bits per heavy atom. The summed E-state index contributed by atoms with van der Waals surface area (Å²) in [6.45, 7) is 2.32. The number of carbonyl (C=O) groups is 1. The van der Waals surface area contributed by atoms with Gasteiger partial charge in [0.2, 0.25) is 0 Å². The lowest BCUT2D eigenvalue weighted by Gasteiger charge is -2.32. The molecule has 2 atom stereocenters. The first-order valence-electron chi connectivity index (χ1n) is 11.1. The average Bonchev–Trinajstić information content (AvgIpc) is 3.46. The number of carbonyl (C=O) groups excluding carboxylic acids is 1. The van der Waals surface area contributed by atoms with Gasteiger partial charge in [0, 0.05) is 29.5 Å². The molecule has 4 aromatic heterocycles. The van der Waals surface area contributed by atoms with Gasteiger partial charge in [0.25, 0.3) is 11.5 Å². The Morgan fingerprint density at radius 3 is 2.86 bits per heavy atom. The molecule has 1 aliphatic heterocycles. The number of fused-ring (bicyclic) bond motifs is 3. The van der Waals surface area contributed by atoms with Crippen LogP contribution in [0.5, 0.6) is 0 Å². The van der Waals surface area contributed by atoms with Gasteiger partial charge < -0.3 is 20.6 Å². The number of morpholine rings is 1. The van der Waals surface area contributed by atoms with E-state index in [1.165, 1.54) is 4.90 Å². The Balaban J connectivity index is 1.32. The Morgan fingerprint density at radius 1 is 1.25 bits per heavy atom. The molecule has 5 heterocycles. The number of amides is 1. The van der Waals surface area contributed by atoms with Crippen molar-refractivity contribution in [2.45, 2.75) is 19.1 Å². The summed E-state index contributed by atoms with van der Waals surface area (Å²) >= 11 is 1.10. The third kappa shape index (κ3) is 3.52. The molecule has 1 aliphatic rings. The normalized spacial score (nSPS) is 17.2. The highest BCUT2D eigenvalue weighted by Crippen LogP contribution is 2.31. The summed E-state index contributed by atoms with van der Waals surface area (Å²) in [5, 5.41) is 16.6. The second kappa shape index (κ2) is 8.48. The number of hydrogen-bond acceptors (Lipinski definition) is 10. The number of nitrogens with one attached hydrogen (secondary N) is 1. The van der Waals surface area contributed by atoms with Crippen molar-refractivity contribution < 1.29 is 14.6 Å². The summed E-state index contributed by atoms with van der Waals surface area (Å²) in [5.41, 5.74) is 7.39. The fourth-order valence-corrected chi connectivity index (χ4v) is 5.20. The number of ether oxygens (including phenoxy) is 1. The third-order valence-electron chi connectivity index (χ3n) is 6.11. The molecular formula is C23H20N8O4S. The van der Waals surface area contributed by atoms with Gasteiger partial charge in [-0.25, -0.2) is 4.68 Å². The SMILES string of the molecule is Cc1cc(N2CCOC([C@@H](O)c3nc(=O)c4c(ccc5c(N)nsc54)[nH]3)C2=O)nn1-c1ccncc1. The smallest absolute Gasteiger partial charge is 0.282 e. The minimum atomic E-state index is -1.50. The number of rotatable bonds is 4. The van der Waals surface area contributed by atoms with E-state index < -0.39 is 23.7 Å². The van der Waals surface area contributed by atoms with Crippen LogP contribution in [-0.2, 0) is 9.53 Å². The van der Waals surface area contributed by atoms with Gasteiger partial charge in [0.1, 0.15) is 17.7 Å². The van der Waals surface area contributed by atoms with Crippen LogP contribution in [0.2, 0.25) is 0 Å². The highest BCUT2D eigenvalue weighted by atomic mass is 32.1. The second-order valence-corrected chi connectivity index (χ2v) is 9.12. The van der Waals surface area contributed by atoms with Gasteiger partial charge >= 0.3 is 0 Å². The first kappa shape index (κ1) is 22.3. The molecule has 1 amide bonds. The number of aliphatic hydroxyl groups is 1. The minimum Gasteiger partial charge on any atom is -0.382 e. The maximum Gasteiger partial charge on any atom is 0.282 e. The topological polar surface area (TPSA) is 165 Å². The Bertz CT molecular complexity index is 1680. The lowest BCUT2D eigenvalue weighted by Crippen LogP contribution is -2.50. The number of hydrogen-bond donors (Lipinski definition) is 3. The van der Waals surface area contributed by atoms with Gasteiger partial charge in [0.15, 0.2) is 11.9 Å². The number of anilines is 2. The van der Waals surface area contributed by atoms with Crippen LogP contribution in [0.1, 0.15) is 17.6 Å². The molecule has 36 heavy (non-hydrogen) atoms. The predicted octanol–water partition coefficient (Wildman–Crippen LogP) is 1.47.